The van der Waals surface area contributed by atoms with E-state index in [1.165, 1.54) is 4.57 Å². The van der Waals surface area contributed by atoms with Crippen LogP contribution >= 0.6 is 11.6 Å². The molecular formula is C31H28ClN3O5. The third-order valence-corrected chi connectivity index (χ3v) is 7.49. The fourth-order valence-corrected chi connectivity index (χ4v) is 5.34. The van der Waals surface area contributed by atoms with Crippen LogP contribution in [0.4, 0.5) is 10.5 Å². The number of hydrogen-bond acceptors (Lipinski definition) is 4. The van der Waals surface area contributed by atoms with Crippen LogP contribution in [-0.4, -0.2) is 26.8 Å². The van der Waals surface area contributed by atoms with Crippen molar-refractivity contribution in [3.05, 3.63) is 117 Å². The van der Waals surface area contributed by atoms with Crippen molar-refractivity contribution < 1.29 is 19.8 Å². The Kier molecular flexibility index (Phi) is 7.89. The number of fused-ring (bicyclic) bond motifs is 1. The van der Waals surface area contributed by atoms with Gasteiger partial charge in [-0.15, -0.1) is 0 Å². The highest BCUT2D eigenvalue weighted by Crippen LogP contribution is 2.34. The third-order valence-electron chi connectivity index (χ3n) is 7.13. The number of urea groups is 1. The van der Waals surface area contributed by atoms with Crippen LogP contribution in [0.2, 0.25) is 5.02 Å². The van der Waals surface area contributed by atoms with Crippen molar-refractivity contribution in [2.45, 2.75) is 38.3 Å². The summed E-state index contributed by atoms with van der Waals surface area (Å²) in [5.41, 5.74) is 3.80. The molecular weight excluding hydrogens is 530 g/mol. The van der Waals surface area contributed by atoms with Crippen LogP contribution in [0, 0.1) is 0 Å². The van der Waals surface area contributed by atoms with Gasteiger partial charge in [-0.25, -0.2) is 4.79 Å². The van der Waals surface area contributed by atoms with Crippen molar-refractivity contribution in [3.63, 3.8) is 0 Å². The number of nitrogens with zero attached hydrogens (tertiary/aromatic N) is 1. The maximum Gasteiger partial charge on any atom is 0.319 e. The van der Waals surface area contributed by atoms with E-state index in [4.69, 9.17) is 11.6 Å². The average Bonchev–Trinajstić information content (AvgIpc) is 3.44. The van der Waals surface area contributed by atoms with Crippen LogP contribution in [-0.2, 0) is 24.2 Å². The number of carboxylic acid groups (broad SMARTS) is 1. The number of benzene rings is 3. The van der Waals surface area contributed by atoms with Gasteiger partial charge in [0.2, 0.25) is 0 Å². The number of halogens is 1. The molecule has 0 fully saturated rings. The summed E-state index contributed by atoms with van der Waals surface area (Å²) in [5, 5.41) is 26.1. The van der Waals surface area contributed by atoms with Crippen LogP contribution < -0.4 is 16.2 Å². The summed E-state index contributed by atoms with van der Waals surface area (Å²) in [6.45, 7) is 0.187. The number of anilines is 1. The Hall–Kier alpha value is -4.56. The lowest BCUT2D eigenvalue weighted by Crippen LogP contribution is -2.37. The zero-order valence-corrected chi connectivity index (χ0v) is 22.3. The van der Waals surface area contributed by atoms with Crippen molar-refractivity contribution in [3.8, 4) is 16.9 Å². The highest BCUT2D eigenvalue weighted by atomic mass is 35.5. The minimum atomic E-state index is -1.10. The van der Waals surface area contributed by atoms with Crippen LogP contribution in [0.1, 0.15) is 41.3 Å². The maximum absolute atomic E-state index is 13.5. The molecule has 0 radical (unpaired) electrons. The van der Waals surface area contributed by atoms with E-state index in [2.05, 4.69) is 10.6 Å². The fraction of sp³-hybridized carbons (Fsp3) is 0.194. The third kappa shape index (κ3) is 5.72. The number of carboxylic acids is 1. The van der Waals surface area contributed by atoms with Crippen molar-refractivity contribution >= 4 is 29.3 Å². The SMILES string of the molecule is O=C(O)CC(NC(=O)Nc1c(O)c2c(n(Cc3ccccc3Cl)c1=O)CCC2)c1ccc(-c2ccccc2)cc1. The van der Waals surface area contributed by atoms with E-state index in [0.717, 1.165) is 28.8 Å². The van der Waals surface area contributed by atoms with Gasteiger partial charge in [0.05, 0.1) is 19.0 Å². The van der Waals surface area contributed by atoms with E-state index in [0.29, 0.717) is 29.0 Å². The summed E-state index contributed by atoms with van der Waals surface area (Å²) in [6.07, 6.45) is 1.58. The number of aliphatic carboxylic acids is 1. The average molecular weight is 558 g/mol. The first kappa shape index (κ1) is 27.0. The van der Waals surface area contributed by atoms with E-state index < -0.39 is 23.6 Å². The van der Waals surface area contributed by atoms with E-state index in [1.54, 1.807) is 24.3 Å². The number of aromatic nitrogens is 1. The second-order valence-corrected chi connectivity index (χ2v) is 10.1. The molecule has 0 aliphatic heterocycles. The Bertz CT molecular complexity index is 1620. The molecule has 0 bridgehead atoms. The predicted octanol–water partition coefficient (Wildman–Crippen LogP) is 5.75. The van der Waals surface area contributed by atoms with Crippen LogP contribution in [0.15, 0.2) is 83.7 Å². The van der Waals surface area contributed by atoms with Crippen molar-refractivity contribution in [1.82, 2.24) is 9.88 Å². The monoisotopic (exact) mass is 557 g/mol. The molecule has 5 rings (SSSR count). The Morgan fingerprint density at radius 1 is 0.925 bits per heavy atom. The molecule has 1 aliphatic carbocycles. The Morgan fingerprint density at radius 2 is 1.60 bits per heavy atom. The Balaban J connectivity index is 1.41. The first-order valence-corrected chi connectivity index (χ1v) is 13.3. The van der Waals surface area contributed by atoms with Gasteiger partial charge >= 0.3 is 12.0 Å². The molecule has 4 N–H and O–H groups in total. The lowest BCUT2D eigenvalue weighted by Gasteiger charge is -2.20. The fourth-order valence-electron chi connectivity index (χ4n) is 5.14. The maximum atomic E-state index is 13.5. The molecule has 1 unspecified atom stereocenters. The van der Waals surface area contributed by atoms with Crippen LogP contribution in [0.25, 0.3) is 11.1 Å². The lowest BCUT2D eigenvalue weighted by molar-refractivity contribution is -0.137. The molecule has 1 aromatic heterocycles. The summed E-state index contributed by atoms with van der Waals surface area (Å²) in [5.74, 6) is -1.36. The standard InChI is InChI=1S/C31H28ClN3O5/c32-24-11-5-4-9-22(24)18-35-26-12-6-10-23(26)29(38)28(30(35)39)34-31(40)33-25(17-27(36)37)21-15-13-20(14-16-21)19-7-2-1-3-8-19/h1-5,7-9,11,13-16,25,38H,6,10,12,17-18H2,(H,36,37)(H2,33,34,40). The summed E-state index contributed by atoms with van der Waals surface area (Å²) in [6, 6.07) is 22.5. The first-order valence-electron chi connectivity index (χ1n) is 13.0. The largest absolute Gasteiger partial charge is 0.505 e. The number of amides is 2. The van der Waals surface area contributed by atoms with Gasteiger partial charge in [0.25, 0.3) is 5.56 Å². The minimum absolute atomic E-state index is 0.187. The molecule has 1 heterocycles. The summed E-state index contributed by atoms with van der Waals surface area (Å²) < 4.78 is 1.54. The number of carbonyl (C=O) groups excluding carboxylic acids is 1. The molecule has 1 aliphatic rings. The number of hydrogen-bond donors (Lipinski definition) is 4. The molecule has 204 valence electrons. The van der Waals surface area contributed by atoms with E-state index in [-0.39, 0.29) is 24.4 Å². The Morgan fingerprint density at radius 3 is 2.30 bits per heavy atom. The van der Waals surface area contributed by atoms with Crippen molar-refractivity contribution in [2.75, 3.05) is 5.32 Å². The number of pyridine rings is 1. The van der Waals surface area contributed by atoms with E-state index in [1.807, 2.05) is 54.6 Å². The van der Waals surface area contributed by atoms with E-state index in [9.17, 15) is 24.6 Å². The van der Waals surface area contributed by atoms with Crippen molar-refractivity contribution in [1.29, 1.82) is 0 Å². The van der Waals surface area contributed by atoms with Crippen molar-refractivity contribution in [2.24, 2.45) is 0 Å². The summed E-state index contributed by atoms with van der Waals surface area (Å²) >= 11 is 6.34. The van der Waals surface area contributed by atoms with Gasteiger partial charge in [0.1, 0.15) is 5.75 Å². The number of rotatable bonds is 8. The highest BCUT2D eigenvalue weighted by Gasteiger charge is 2.27. The van der Waals surface area contributed by atoms with Gasteiger partial charge in [-0.3, -0.25) is 9.59 Å². The lowest BCUT2D eigenvalue weighted by atomic mass is 9.99. The summed E-state index contributed by atoms with van der Waals surface area (Å²) in [7, 11) is 0. The molecule has 2 amide bonds. The zero-order valence-electron chi connectivity index (χ0n) is 21.6. The molecule has 40 heavy (non-hydrogen) atoms. The topological polar surface area (TPSA) is 121 Å². The molecule has 4 aromatic rings. The number of carbonyl (C=O) groups is 2. The van der Waals surface area contributed by atoms with Gasteiger partial charge in [-0.1, -0.05) is 84.4 Å². The first-order chi connectivity index (χ1) is 19.3. The number of aromatic hydroxyl groups is 1. The smallest absolute Gasteiger partial charge is 0.319 e. The van der Waals surface area contributed by atoms with Gasteiger partial charge in [-0.2, -0.15) is 0 Å². The van der Waals surface area contributed by atoms with Crippen LogP contribution in [0.5, 0.6) is 5.75 Å². The highest BCUT2D eigenvalue weighted by molar-refractivity contribution is 6.31. The van der Waals surface area contributed by atoms with Gasteiger partial charge < -0.3 is 25.4 Å². The summed E-state index contributed by atoms with van der Waals surface area (Å²) in [4.78, 5) is 38.2. The Labute approximate surface area is 235 Å². The van der Waals surface area contributed by atoms with Gasteiger partial charge in [-0.05, 0) is 47.6 Å². The minimum Gasteiger partial charge on any atom is -0.505 e. The normalized spacial score (nSPS) is 12.9. The molecule has 0 saturated carbocycles. The van der Waals surface area contributed by atoms with Gasteiger partial charge in [0.15, 0.2) is 5.69 Å². The number of nitrogens with one attached hydrogen (secondary N) is 2. The van der Waals surface area contributed by atoms with Crippen LogP contribution in [0.3, 0.4) is 0 Å². The molecule has 0 spiro atoms. The molecule has 0 saturated heterocycles. The molecule has 3 aromatic carbocycles. The second-order valence-electron chi connectivity index (χ2n) is 9.72. The molecule has 1 atom stereocenters. The zero-order chi connectivity index (χ0) is 28.2. The van der Waals surface area contributed by atoms with Gasteiger partial charge in [0, 0.05) is 16.3 Å². The predicted molar refractivity (Wildman–Crippen MR) is 154 cm³/mol. The van der Waals surface area contributed by atoms with E-state index >= 15 is 0 Å². The molecule has 9 heteroatoms. The quantitative estimate of drug-likeness (QED) is 0.220. The molecule has 8 nitrogen and oxygen atoms in total. The second kappa shape index (κ2) is 11.7.